The monoisotopic (exact) mass is 1780 g/mol. The third-order valence-corrected chi connectivity index (χ3v) is 38.5. The number of hydrogen-bond acceptors (Lipinski definition) is 10. The van der Waals surface area contributed by atoms with Crippen LogP contribution in [0.15, 0.2) is 150 Å². The van der Waals surface area contributed by atoms with Crippen molar-refractivity contribution in [2.24, 2.45) is 4.30 Å². The van der Waals surface area contributed by atoms with Crippen molar-refractivity contribution in [3.8, 4) is 0 Å². The second-order valence-corrected chi connectivity index (χ2v) is 46.2. The second-order valence-electron chi connectivity index (χ2n) is 28.3. The summed E-state index contributed by atoms with van der Waals surface area (Å²) in [5.41, 5.74) is 16.8. The number of aromatic nitrogens is 3. The van der Waals surface area contributed by atoms with Gasteiger partial charge in [0.1, 0.15) is 12.2 Å². The molecule has 2 atom stereocenters. The molecule has 0 saturated heterocycles. The number of para-hydroxylation sites is 6. The first-order chi connectivity index (χ1) is 51.3. The van der Waals surface area contributed by atoms with Gasteiger partial charge in [-0.05, 0) is 130 Å². The van der Waals surface area contributed by atoms with Crippen LogP contribution in [0.3, 0.4) is 0 Å². The zero-order chi connectivity index (χ0) is 76.1. The van der Waals surface area contributed by atoms with Crippen molar-refractivity contribution in [2.75, 3.05) is 90.5 Å². The third-order valence-electron chi connectivity index (χ3n) is 20.3. The maximum atomic E-state index is 4.83. The molecule has 5 aliphatic rings. The van der Waals surface area contributed by atoms with E-state index in [1.165, 1.54) is 226 Å². The number of nitrogens with one attached hydrogen (secondary N) is 1. The van der Waals surface area contributed by atoms with E-state index in [0.717, 1.165) is 60.9 Å². The molecule has 107 heavy (non-hydrogen) atoms. The predicted octanol–water partition coefficient (Wildman–Crippen LogP) is 22.4. The van der Waals surface area contributed by atoms with E-state index in [0.29, 0.717) is 4.83 Å². The fourth-order valence-corrected chi connectivity index (χ4v) is 33.8. The minimum atomic E-state index is -2.18. The van der Waals surface area contributed by atoms with E-state index in [9.17, 15) is 0 Å². The number of hydrogen-bond donors (Lipinski definition) is 2. The number of thiol groups is 1. The van der Waals surface area contributed by atoms with Gasteiger partial charge in [0.05, 0.1) is 5.52 Å². The zero-order valence-corrected chi connectivity index (χ0v) is 78.1. The number of anilines is 5. The number of alkyl halides is 4. The van der Waals surface area contributed by atoms with Gasteiger partial charge in [0.25, 0.3) is 0 Å². The van der Waals surface area contributed by atoms with Crippen LogP contribution in [-0.4, -0.2) is 139 Å². The summed E-state index contributed by atoms with van der Waals surface area (Å²) in [6.07, 6.45) is 33.0. The van der Waals surface area contributed by atoms with Crippen LogP contribution in [0.4, 0.5) is 28.4 Å². The van der Waals surface area contributed by atoms with Gasteiger partial charge >= 0.3 is 229 Å². The Labute approximate surface area is 712 Å². The van der Waals surface area contributed by atoms with Crippen molar-refractivity contribution in [1.29, 1.82) is 0 Å². The summed E-state index contributed by atoms with van der Waals surface area (Å²) in [4.78, 5) is 10.9. The first-order valence-corrected chi connectivity index (χ1v) is 51.0. The molecule has 0 fully saturated rings. The minimum Gasteiger partial charge on any atom is -1.00 e. The van der Waals surface area contributed by atoms with Crippen molar-refractivity contribution in [2.45, 2.75) is 256 Å². The number of ether oxygens (including phenoxy) is 1. The molecule has 19 heteroatoms. The topological polar surface area (TPSA) is 77.3 Å². The van der Waals surface area contributed by atoms with E-state index in [4.69, 9.17) is 39.5 Å². The molecule has 5 aliphatic heterocycles. The molecule has 7 aromatic rings. The van der Waals surface area contributed by atoms with Crippen LogP contribution >= 0.6 is 63.5 Å². The Bertz CT molecular complexity index is 3290. The number of nitrogens with zero attached hydrogens (tertiary/aromatic N) is 8. The molecule has 589 valence electrons. The number of rotatable bonds is 27. The van der Waals surface area contributed by atoms with E-state index in [-0.39, 0.29) is 40.0 Å². The number of aryl methyl sites for hydroxylation is 3. The molecule has 1 radical (unpaired) electrons. The van der Waals surface area contributed by atoms with Gasteiger partial charge in [-0.15, -0.1) is 5.10 Å². The molecule has 0 spiro atoms. The average Bonchev–Trinajstić information content (AvgIpc) is 1.23. The van der Waals surface area contributed by atoms with Crippen LogP contribution in [-0.2, 0) is 43.5 Å². The molecule has 6 aromatic carbocycles. The smallest absolute Gasteiger partial charge is 1.00 e. The maximum Gasteiger partial charge on any atom is 2.00 e. The Morgan fingerprint density at radius 1 is 0.533 bits per heavy atom. The number of fused-ring (bicyclic) bond motifs is 6. The van der Waals surface area contributed by atoms with Crippen LogP contribution < -0.4 is 41.9 Å². The fourth-order valence-electron chi connectivity index (χ4n) is 14.8. The standard InChI is InChI=1S/C16H16N4.C14H20BrN.C14H21N.C14H20N.C9H11N.C4H10O.4C4H9.CHCl3.BHNS.BrH.Mg.Sn/c1-3-9-15-13(6-1)7-5-11-19(15)12-20-16-10-4-2-8-14(16)17-18-20;1-2-3-6-9-16-11-13(15)10-12-7-4-5-8-14(12)16;2*1-2-3-6-11-15-12-7-9-13-8-4-5-10-14(13)15;1-2-6-9-8(4-1)5-3-7-10-9;1-3-5-4-2;4*1-3-4-2;2-1(3)4;1-2-3;;;/h1-4,6,8-10H,5,7,11-12H2;4-5,7-8,13H,2-3,6,9-11H2,1H3;4-5,8,10H,2-3,6-7,9,11-12H2,1H3;4-5,7-8,10H,2-3,6,9,11-12H2,1H3;1-2,4,6,10H,3,5,7H2;3-4H2,1-2H3;4*1,3-4H2,2H3;1H;3H;1H;;/q;;;;;;;;;-1;;;;+2;/p-1. The molecule has 0 aliphatic carbocycles. The van der Waals surface area contributed by atoms with Crippen LogP contribution in [0.2, 0.25) is 17.2 Å². The van der Waals surface area contributed by atoms with Crippen molar-refractivity contribution in [3.63, 3.8) is 0 Å². The summed E-state index contributed by atoms with van der Waals surface area (Å²) in [6.45, 7) is 35.9. The molecular weight excluding hydrogens is 1650 g/mol. The predicted molar refractivity (Wildman–Crippen MR) is 481 cm³/mol. The van der Waals surface area contributed by atoms with Gasteiger partial charge in [-0.25, -0.2) is 4.68 Å². The SMILES string of the molecule is CCCCCN1CC(Br)Cc2ccccc21.CCCCCN1CCCc2ccccc21.CCCCCN1C[CH]([Sn]([CH2]CCC)([CH2]CCC)[CH2]CCC)Cc2ccccc21.CCOCC.ClC(Cl)Cl.[B]=NS.[Br-].[CH2-]CCC.[Mg+2].c1ccc2c(c1)CCCN2.c1ccc2c(c1)CCCN2Cn1nnc2ccccc21. The Morgan fingerprint density at radius 3 is 1.39 bits per heavy atom. The summed E-state index contributed by atoms with van der Waals surface area (Å²) in [6, 6.07) is 52.4. The molecular formula is C88H136BBr2Cl3MgN9OSSn. The summed E-state index contributed by atoms with van der Waals surface area (Å²) < 4.78 is 14.8. The molecule has 12 rings (SSSR count). The average molecular weight is 1790 g/mol. The number of halogens is 5. The van der Waals surface area contributed by atoms with Crippen LogP contribution in [0, 0.1) is 6.92 Å². The Kier molecular flexibility index (Phi) is 58.8. The third kappa shape index (κ3) is 38.3. The summed E-state index contributed by atoms with van der Waals surface area (Å²) in [5, 5.41) is 11.9. The van der Waals surface area contributed by atoms with Crippen molar-refractivity contribution < 1.29 is 21.7 Å². The molecule has 0 amide bonds. The fraction of sp³-hybridized carbons (Fsp3) is 0.580. The van der Waals surface area contributed by atoms with Gasteiger partial charge in [0.15, 0.2) is 4.30 Å². The first-order valence-electron chi connectivity index (χ1n) is 40.7. The molecule has 0 bridgehead atoms. The molecule has 2 unspecified atom stereocenters. The van der Waals surface area contributed by atoms with Crippen molar-refractivity contribution in [3.05, 3.63) is 180 Å². The number of benzene rings is 6. The van der Waals surface area contributed by atoms with Gasteiger partial charge < -0.3 is 48.7 Å². The zero-order valence-electron chi connectivity index (χ0n) is 67.5. The molecule has 1 N–H and O–H groups in total. The van der Waals surface area contributed by atoms with E-state index in [2.05, 4.69) is 259 Å². The van der Waals surface area contributed by atoms with Gasteiger partial charge in [-0.1, -0.05) is 194 Å². The van der Waals surface area contributed by atoms with Gasteiger partial charge in [0.2, 0.25) is 0 Å². The van der Waals surface area contributed by atoms with Crippen LogP contribution in [0.25, 0.3) is 11.0 Å². The Morgan fingerprint density at radius 2 is 0.925 bits per heavy atom. The van der Waals surface area contributed by atoms with E-state index < -0.39 is 22.7 Å². The Balaban J connectivity index is 0.000000440. The first kappa shape index (κ1) is 100. The Hall–Kier alpha value is -2.71. The normalized spacial score (nSPS) is 14.8. The van der Waals surface area contributed by atoms with Gasteiger partial charge in [-0.2, -0.15) is 6.42 Å². The maximum absolute atomic E-state index is 4.83. The molecule has 0 saturated carbocycles. The molecule has 1 aromatic heterocycles. The van der Waals surface area contributed by atoms with Crippen LogP contribution in [0.5, 0.6) is 0 Å². The van der Waals surface area contributed by atoms with E-state index >= 15 is 0 Å². The molecule has 10 nitrogen and oxygen atoms in total. The summed E-state index contributed by atoms with van der Waals surface area (Å²) in [5.74, 6) is 0. The van der Waals surface area contributed by atoms with Gasteiger partial charge in [-0.3, -0.25) is 0 Å². The van der Waals surface area contributed by atoms with Crippen LogP contribution in [0.1, 0.15) is 219 Å². The van der Waals surface area contributed by atoms with E-state index in [1.54, 1.807) is 30.1 Å². The minimum absolute atomic E-state index is 0. The quantitative estimate of drug-likeness (QED) is 0.0173. The number of unbranched alkanes of at least 4 members (excludes halogenated alkanes) is 10. The molecule has 6 heterocycles. The second kappa shape index (κ2) is 62.7. The summed E-state index contributed by atoms with van der Waals surface area (Å²) >= 11 is 19.2. The van der Waals surface area contributed by atoms with Crippen molar-refractivity contribution in [1.82, 2.24) is 15.0 Å². The largest absolute Gasteiger partial charge is 2.00 e. The van der Waals surface area contributed by atoms with Crippen molar-refractivity contribution >= 4 is 152 Å². The van der Waals surface area contributed by atoms with E-state index in [1.807, 2.05) is 36.7 Å². The van der Waals surface area contributed by atoms with Gasteiger partial charge in [0, 0.05) is 80.1 Å². The summed E-state index contributed by atoms with van der Waals surface area (Å²) in [7, 11) is 4.34.